The number of hydrogen-bond donors (Lipinski definition) is 3. The van der Waals surface area contributed by atoms with E-state index in [1.54, 1.807) is 6.92 Å². The molecule has 1 aliphatic rings. The van der Waals surface area contributed by atoms with Crippen molar-refractivity contribution in [2.75, 3.05) is 6.61 Å². The molecule has 0 saturated carbocycles. The average molecular weight is 459 g/mol. The van der Waals surface area contributed by atoms with Gasteiger partial charge in [-0.25, -0.2) is 4.79 Å². The minimum atomic E-state index is -1.26. The van der Waals surface area contributed by atoms with Gasteiger partial charge in [-0.1, -0.05) is 78.9 Å². The molecule has 0 aromatic heterocycles. The fourth-order valence-corrected chi connectivity index (χ4v) is 4.31. The number of hydrogen-bond acceptors (Lipinski definition) is 4. The molecule has 2 unspecified atom stereocenters. The van der Waals surface area contributed by atoms with Crippen LogP contribution < -0.4 is 10.6 Å². The molecule has 7 nitrogen and oxygen atoms in total. The third kappa shape index (κ3) is 5.09. The van der Waals surface area contributed by atoms with E-state index in [1.807, 2.05) is 78.9 Å². The number of benzene rings is 3. The van der Waals surface area contributed by atoms with E-state index in [1.165, 1.54) is 0 Å². The molecule has 0 aliphatic heterocycles. The third-order valence-corrected chi connectivity index (χ3v) is 5.99. The highest BCUT2D eigenvalue weighted by Crippen LogP contribution is 2.44. The summed E-state index contributed by atoms with van der Waals surface area (Å²) in [4.78, 5) is 36.6. The lowest BCUT2D eigenvalue weighted by atomic mass is 9.98. The lowest BCUT2D eigenvalue weighted by Gasteiger charge is -2.21. The molecule has 0 saturated heterocycles. The Hall–Kier alpha value is -4.13. The number of carbonyl (C=O) groups excluding carboxylic acids is 2. The first-order chi connectivity index (χ1) is 16.4. The van der Waals surface area contributed by atoms with Gasteiger partial charge >= 0.3 is 12.1 Å². The van der Waals surface area contributed by atoms with Crippen molar-refractivity contribution >= 4 is 18.0 Å². The summed E-state index contributed by atoms with van der Waals surface area (Å²) in [5.41, 5.74) is 5.20. The van der Waals surface area contributed by atoms with Crippen molar-refractivity contribution < 1.29 is 24.2 Å². The first kappa shape index (κ1) is 23.0. The predicted molar refractivity (Wildman–Crippen MR) is 127 cm³/mol. The number of carbonyl (C=O) groups is 3. The number of aliphatic carboxylic acids is 1. The third-order valence-electron chi connectivity index (χ3n) is 5.99. The molecule has 0 spiro atoms. The number of carboxylic acid groups (broad SMARTS) is 1. The SMILES string of the molecule is CC(NC(=O)C(CC(=O)O)NC(=O)OCC1c2ccccc2-c2ccccc21)c1ccccc1. The molecular weight excluding hydrogens is 432 g/mol. The number of ether oxygens (including phenoxy) is 1. The standard InChI is InChI=1S/C27H26N2O5/c1-17(18-9-3-2-4-10-18)28-26(32)24(15-25(30)31)29-27(33)34-16-23-21-13-7-5-11-19(21)20-12-6-8-14-22(20)23/h2-14,17,23-24H,15-16H2,1H3,(H,28,32)(H,29,33)(H,30,31). The lowest BCUT2D eigenvalue weighted by Crippen LogP contribution is -2.48. The Morgan fingerprint density at radius 1 is 0.853 bits per heavy atom. The van der Waals surface area contributed by atoms with E-state index in [-0.39, 0.29) is 18.6 Å². The maximum atomic E-state index is 12.7. The molecule has 2 amide bonds. The Morgan fingerprint density at radius 2 is 1.41 bits per heavy atom. The Labute approximate surface area is 197 Å². The Bertz CT molecular complexity index is 1150. The molecule has 0 fully saturated rings. The molecule has 1 aliphatic carbocycles. The summed E-state index contributed by atoms with van der Waals surface area (Å²) in [5.74, 6) is -1.93. The van der Waals surface area contributed by atoms with Crippen LogP contribution in [0, 0.1) is 0 Å². The molecule has 4 rings (SSSR count). The van der Waals surface area contributed by atoms with Crippen LogP contribution in [0.25, 0.3) is 11.1 Å². The molecule has 2 atom stereocenters. The molecule has 34 heavy (non-hydrogen) atoms. The van der Waals surface area contributed by atoms with Gasteiger partial charge in [-0.3, -0.25) is 9.59 Å². The number of amides is 2. The van der Waals surface area contributed by atoms with Crippen molar-refractivity contribution in [1.29, 1.82) is 0 Å². The summed E-state index contributed by atoms with van der Waals surface area (Å²) in [6, 6.07) is 23.6. The molecule has 7 heteroatoms. The number of nitrogens with one attached hydrogen (secondary N) is 2. The Kier molecular flexibility index (Phi) is 6.92. The zero-order valence-electron chi connectivity index (χ0n) is 18.7. The van der Waals surface area contributed by atoms with E-state index in [0.717, 1.165) is 27.8 Å². The highest BCUT2D eigenvalue weighted by molar-refractivity contribution is 5.89. The summed E-state index contributed by atoms with van der Waals surface area (Å²) < 4.78 is 5.47. The summed E-state index contributed by atoms with van der Waals surface area (Å²) in [7, 11) is 0. The first-order valence-electron chi connectivity index (χ1n) is 11.1. The molecule has 174 valence electrons. The minimum absolute atomic E-state index is 0.0711. The number of fused-ring (bicyclic) bond motifs is 3. The van der Waals surface area contributed by atoms with Crippen LogP contribution in [0.2, 0.25) is 0 Å². The van der Waals surface area contributed by atoms with Crippen LogP contribution in [0.5, 0.6) is 0 Å². The largest absolute Gasteiger partial charge is 0.481 e. The van der Waals surface area contributed by atoms with Crippen LogP contribution >= 0.6 is 0 Å². The molecule has 3 N–H and O–H groups in total. The molecule has 3 aromatic rings. The van der Waals surface area contributed by atoms with Crippen LogP contribution in [0.4, 0.5) is 4.79 Å². The Morgan fingerprint density at radius 3 is 2.00 bits per heavy atom. The highest BCUT2D eigenvalue weighted by atomic mass is 16.5. The second-order valence-corrected chi connectivity index (χ2v) is 8.26. The van der Waals surface area contributed by atoms with Crippen LogP contribution in [0.15, 0.2) is 78.9 Å². The van der Waals surface area contributed by atoms with Crippen molar-refractivity contribution in [2.45, 2.75) is 31.3 Å². The van der Waals surface area contributed by atoms with Crippen LogP contribution in [0.3, 0.4) is 0 Å². The summed E-state index contributed by atoms with van der Waals surface area (Å²) >= 11 is 0. The highest BCUT2D eigenvalue weighted by Gasteiger charge is 2.30. The number of carboxylic acids is 1. The van der Waals surface area contributed by atoms with Gasteiger partial charge in [-0.05, 0) is 34.7 Å². The van der Waals surface area contributed by atoms with Crippen molar-refractivity contribution in [3.05, 3.63) is 95.6 Å². The number of alkyl carbamates (subject to hydrolysis) is 1. The van der Waals surface area contributed by atoms with Crippen molar-refractivity contribution in [3.8, 4) is 11.1 Å². The van der Waals surface area contributed by atoms with E-state index in [0.29, 0.717) is 0 Å². The van der Waals surface area contributed by atoms with Gasteiger partial charge in [0.1, 0.15) is 12.6 Å². The maximum absolute atomic E-state index is 12.7. The van der Waals surface area contributed by atoms with Crippen LogP contribution in [-0.2, 0) is 14.3 Å². The van der Waals surface area contributed by atoms with E-state index in [9.17, 15) is 19.5 Å². The van der Waals surface area contributed by atoms with Crippen molar-refractivity contribution in [3.63, 3.8) is 0 Å². The predicted octanol–water partition coefficient (Wildman–Crippen LogP) is 4.25. The molecule has 0 heterocycles. The maximum Gasteiger partial charge on any atom is 0.407 e. The van der Waals surface area contributed by atoms with Gasteiger partial charge in [0.05, 0.1) is 12.5 Å². The first-order valence-corrected chi connectivity index (χ1v) is 11.1. The summed E-state index contributed by atoms with van der Waals surface area (Å²) in [6.07, 6.45) is -1.40. The zero-order chi connectivity index (χ0) is 24.1. The fourth-order valence-electron chi connectivity index (χ4n) is 4.31. The quantitative estimate of drug-likeness (QED) is 0.468. The number of rotatable bonds is 8. The molecule has 0 bridgehead atoms. The van der Waals surface area contributed by atoms with Gasteiger partial charge in [0.15, 0.2) is 0 Å². The molecular formula is C27H26N2O5. The normalized spacial score (nSPS) is 13.8. The van der Waals surface area contributed by atoms with Gasteiger partial charge in [-0.2, -0.15) is 0 Å². The van der Waals surface area contributed by atoms with Gasteiger partial charge < -0.3 is 20.5 Å². The summed E-state index contributed by atoms with van der Waals surface area (Å²) in [5, 5.41) is 14.4. The monoisotopic (exact) mass is 458 g/mol. The lowest BCUT2D eigenvalue weighted by molar-refractivity contribution is -0.140. The smallest absolute Gasteiger partial charge is 0.407 e. The van der Waals surface area contributed by atoms with E-state index in [4.69, 9.17) is 4.74 Å². The van der Waals surface area contributed by atoms with Crippen LogP contribution in [0.1, 0.15) is 42.0 Å². The Balaban J connectivity index is 1.41. The van der Waals surface area contributed by atoms with Gasteiger partial charge in [0, 0.05) is 5.92 Å². The van der Waals surface area contributed by atoms with E-state index >= 15 is 0 Å². The van der Waals surface area contributed by atoms with Crippen molar-refractivity contribution in [1.82, 2.24) is 10.6 Å². The van der Waals surface area contributed by atoms with Gasteiger partial charge in [0.25, 0.3) is 0 Å². The fraction of sp³-hybridized carbons (Fsp3) is 0.222. The van der Waals surface area contributed by atoms with Gasteiger partial charge in [-0.15, -0.1) is 0 Å². The minimum Gasteiger partial charge on any atom is -0.481 e. The summed E-state index contributed by atoms with van der Waals surface area (Å²) in [6.45, 7) is 1.86. The van der Waals surface area contributed by atoms with E-state index < -0.39 is 30.4 Å². The zero-order valence-corrected chi connectivity index (χ0v) is 18.7. The average Bonchev–Trinajstić information content (AvgIpc) is 3.16. The topological polar surface area (TPSA) is 105 Å². The van der Waals surface area contributed by atoms with Gasteiger partial charge in [0.2, 0.25) is 5.91 Å². The molecule has 3 aromatic carbocycles. The molecule has 0 radical (unpaired) electrons. The second-order valence-electron chi connectivity index (χ2n) is 8.26. The van der Waals surface area contributed by atoms with Crippen LogP contribution in [-0.4, -0.2) is 35.7 Å². The second kappa shape index (κ2) is 10.2. The van der Waals surface area contributed by atoms with Crippen molar-refractivity contribution in [2.24, 2.45) is 0 Å². The van der Waals surface area contributed by atoms with E-state index in [2.05, 4.69) is 10.6 Å².